The fourth-order valence-electron chi connectivity index (χ4n) is 2.81. The summed E-state index contributed by atoms with van der Waals surface area (Å²) >= 11 is 0. The topological polar surface area (TPSA) is 48.4 Å². The molecule has 4 nitrogen and oxygen atoms in total. The molecule has 1 fully saturated rings. The van der Waals surface area contributed by atoms with Gasteiger partial charge in [0.2, 0.25) is 0 Å². The molecule has 0 bridgehead atoms. The molecule has 20 heavy (non-hydrogen) atoms. The van der Waals surface area contributed by atoms with Gasteiger partial charge in [-0.15, -0.1) is 0 Å². The third-order valence-corrected chi connectivity index (χ3v) is 4.02. The van der Waals surface area contributed by atoms with E-state index in [1.165, 1.54) is 0 Å². The van der Waals surface area contributed by atoms with Gasteiger partial charge >= 0.3 is 0 Å². The Balaban J connectivity index is 1.94. The normalized spacial score (nSPS) is 29.3. The molecule has 104 valence electrons. The van der Waals surface area contributed by atoms with Gasteiger partial charge in [-0.05, 0) is 30.7 Å². The first-order valence-electron chi connectivity index (χ1n) is 6.67. The van der Waals surface area contributed by atoms with Gasteiger partial charge in [-0.3, -0.25) is 9.78 Å². The first-order chi connectivity index (χ1) is 9.64. The van der Waals surface area contributed by atoms with E-state index >= 15 is 0 Å². The summed E-state index contributed by atoms with van der Waals surface area (Å²) in [6.07, 6.45) is 7.71. The van der Waals surface area contributed by atoms with Crippen molar-refractivity contribution in [3.63, 3.8) is 0 Å². The average Bonchev–Trinajstić information content (AvgIpc) is 2.47. The van der Waals surface area contributed by atoms with Crippen LogP contribution in [-0.4, -0.2) is 30.1 Å². The minimum atomic E-state index is -0.574. The molecular weight excluding hydrogens is 254 g/mol. The van der Waals surface area contributed by atoms with Crippen LogP contribution in [0.3, 0.4) is 0 Å². The highest BCUT2D eigenvalue weighted by Crippen LogP contribution is 2.41. The molecule has 0 aromatic carbocycles. The van der Waals surface area contributed by atoms with Crippen molar-refractivity contribution < 1.29 is 14.3 Å². The van der Waals surface area contributed by atoms with Crippen molar-refractivity contribution in [1.29, 1.82) is 0 Å². The first kappa shape index (κ1) is 13.1. The van der Waals surface area contributed by atoms with Crippen molar-refractivity contribution in [2.75, 3.05) is 13.7 Å². The van der Waals surface area contributed by atoms with Gasteiger partial charge in [0, 0.05) is 24.4 Å². The Bertz CT molecular complexity index is 591. The predicted molar refractivity (Wildman–Crippen MR) is 74.1 cm³/mol. The standard InChI is InChI=1S/C16H17NO3/c1-16-8-12(19-2)5-6-14(16)15(18)13(10-20-16)11-4-3-7-17-9-11/h3-7,9,13H,8,10H2,1-2H3. The summed E-state index contributed by atoms with van der Waals surface area (Å²) in [6, 6.07) is 3.76. The predicted octanol–water partition coefficient (Wildman–Crippen LogP) is 2.38. The van der Waals surface area contributed by atoms with Crippen molar-refractivity contribution in [1.82, 2.24) is 4.98 Å². The number of rotatable bonds is 2. The molecule has 2 heterocycles. The fraction of sp³-hybridized carbons (Fsp3) is 0.375. The summed E-state index contributed by atoms with van der Waals surface area (Å²) in [5, 5.41) is 0. The molecule has 0 amide bonds. The molecule has 1 saturated heterocycles. The SMILES string of the molecule is COC1=CC=C2C(=O)C(c3cccnc3)COC2(C)C1. The van der Waals surface area contributed by atoms with Crippen LogP contribution in [0.15, 0.2) is 48.0 Å². The van der Waals surface area contributed by atoms with Gasteiger partial charge < -0.3 is 9.47 Å². The number of Topliss-reactive ketones (excluding diaryl/α,β-unsaturated/α-hetero) is 1. The van der Waals surface area contributed by atoms with E-state index in [1.807, 2.05) is 31.2 Å². The van der Waals surface area contributed by atoms with Crippen LogP contribution in [0.25, 0.3) is 0 Å². The molecule has 1 aliphatic heterocycles. The average molecular weight is 271 g/mol. The molecule has 0 spiro atoms. The van der Waals surface area contributed by atoms with E-state index < -0.39 is 5.60 Å². The zero-order chi connectivity index (χ0) is 14.2. The van der Waals surface area contributed by atoms with E-state index in [0.717, 1.165) is 16.9 Å². The molecule has 0 radical (unpaired) electrons. The molecule has 2 atom stereocenters. The van der Waals surface area contributed by atoms with Crippen LogP contribution in [0.1, 0.15) is 24.8 Å². The van der Waals surface area contributed by atoms with Crippen molar-refractivity contribution in [2.24, 2.45) is 0 Å². The Morgan fingerprint density at radius 3 is 3.00 bits per heavy atom. The van der Waals surface area contributed by atoms with Crippen molar-refractivity contribution in [2.45, 2.75) is 24.9 Å². The van der Waals surface area contributed by atoms with Gasteiger partial charge in [0.15, 0.2) is 5.78 Å². The number of allylic oxidation sites excluding steroid dienone is 2. The summed E-state index contributed by atoms with van der Waals surface area (Å²) in [4.78, 5) is 16.8. The lowest BCUT2D eigenvalue weighted by atomic mass is 9.77. The number of nitrogens with zero attached hydrogens (tertiary/aromatic N) is 1. The van der Waals surface area contributed by atoms with E-state index in [-0.39, 0.29) is 11.7 Å². The van der Waals surface area contributed by atoms with E-state index in [2.05, 4.69) is 4.98 Å². The third-order valence-electron chi connectivity index (χ3n) is 4.02. The third kappa shape index (κ3) is 2.06. The minimum absolute atomic E-state index is 0.123. The Labute approximate surface area is 118 Å². The number of carbonyl (C=O) groups excluding carboxylic acids is 1. The molecule has 2 aliphatic rings. The van der Waals surface area contributed by atoms with Crippen LogP contribution in [0, 0.1) is 0 Å². The molecule has 4 heteroatoms. The van der Waals surface area contributed by atoms with Gasteiger partial charge in [-0.25, -0.2) is 0 Å². The maximum atomic E-state index is 12.7. The Hall–Kier alpha value is -1.94. The molecule has 0 saturated carbocycles. The van der Waals surface area contributed by atoms with Crippen LogP contribution in [0.2, 0.25) is 0 Å². The fourth-order valence-corrected chi connectivity index (χ4v) is 2.81. The number of aromatic nitrogens is 1. The highest BCUT2D eigenvalue weighted by molar-refractivity contribution is 6.03. The maximum Gasteiger partial charge on any atom is 0.171 e. The lowest BCUT2D eigenvalue weighted by Gasteiger charge is -2.40. The number of hydrogen-bond acceptors (Lipinski definition) is 4. The van der Waals surface area contributed by atoms with Crippen LogP contribution in [-0.2, 0) is 14.3 Å². The van der Waals surface area contributed by atoms with E-state index in [9.17, 15) is 4.79 Å². The van der Waals surface area contributed by atoms with E-state index in [4.69, 9.17) is 9.47 Å². The number of ketones is 1. The van der Waals surface area contributed by atoms with Crippen LogP contribution in [0.5, 0.6) is 0 Å². The number of methoxy groups -OCH3 is 1. The van der Waals surface area contributed by atoms with Crippen molar-refractivity contribution in [3.05, 3.63) is 53.6 Å². The summed E-state index contributed by atoms with van der Waals surface area (Å²) in [6.45, 7) is 2.33. The van der Waals surface area contributed by atoms with Gasteiger partial charge in [-0.1, -0.05) is 6.07 Å². The second kappa shape index (κ2) is 4.87. The quantitative estimate of drug-likeness (QED) is 0.828. The zero-order valence-corrected chi connectivity index (χ0v) is 11.6. The smallest absolute Gasteiger partial charge is 0.171 e. The lowest BCUT2D eigenvalue weighted by molar-refractivity contribution is -0.130. The summed E-state index contributed by atoms with van der Waals surface area (Å²) < 4.78 is 11.3. The molecule has 2 unspecified atom stereocenters. The van der Waals surface area contributed by atoms with Crippen LogP contribution in [0.4, 0.5) is 0 Å². The Kier molecular flexibility index (Phi) is 3.18. The number of hydrogen-bond donors (Lipinski definition) is 0. The monoisotopic (exact) mass is 271 g/mol. The van der Waals surface area contributed by atoms with Gasteiger partial charge in [0.05, 0.1) is 25.4 Å². The van der Waals surface area contributed by atoms with E-state index in [1.54, 1.807) is 19.5 Å². The molecular formula is C16H17NO3. The minimum Gasteiger partial charge on any atom is -0.501 e. The Morgan fingerprint density at radius 2 is 2.30 bits per heavy atom. The molecule has 1 aromatic rings. The largest absolute Gasteiger partial charge is 0.501 e. The summed E-state index contributed by atoms with van der Waals surface area (Å²) in [5.41, 5.74) is 1.05. The summed E-state index contributed by atoms with van der Waals surface area (Å²) in [7, 11) is 1.64. The maximum absolute atomic E-state index is 12.7. The summed E-state index contributed by atoms with van der Waals surface area (Å²) in [5.74, 6) is 0.697. The second-order valence-electron chi connectivity index (χ2n) is 5.34. The first-order valence-corrected chi connectivity index (χ1v) is 6.67. The molecule has 1 aromatic heterocycles. The second-order valence-corrected chi connectivity index (χ2v) is 5.34. The van der Waals surface area contributed by atoms with Crippen molar-refractivity contribution in [3.8, 4) is 0 Å². The number of fused-ring (bicyclic) bond motifs is 1. The molecule has 3 rings (SSSR count). The van der Waals surface area contributed by atoms with Gasteiger partial charge in [0.1, 0.15) is 5.60 Å². The molecule has 0 N–H and O–H groups in total. The lowest BCUT2D eigenvalue weighted by Crippen LogP contribution is -2.45. The van der Waals surface area contributed by atoms with Crippen molar-refractivity contribution >= 4 is 5.78 Å². The van der Waals surface area contributed by atoms with Gasteiger partial charge in [0.25, 0.3) is 0 Å². The van der Waals surface area contributed by atoms with Crippen LogP contribution >= 0.6 is 0 Å². The van der Waals surface area contributed by atoms with Crippen LogP contribution < -0.4 is 0 Å². The highest BCUT2D eigenvalue weighted by atomic mass is 16.5. The number of pyridine rings is 1. The molecule has 1 aliphatic carbocycles. The number of ether oxygens (including phenoxy) is 2. The Morgan fingerprint density at radius 1 is 1.45 bits per heavy atom. The van der Waals surface area contributed by atoms with Gasteiger partial charge in [-0.2, -0.15) is 0 Å². The highest BCUT2D eigenvalue weighted by Gasteiger charge is 2.44. The van der Waals surface area contributed by atoms with E-state index in [0.29, 0.717) is 13.0 Å². The number of carbonyl (C=O) groups is 1. The zero-order valence-electron chi connectivity index (χ0n) is 11.6.